The molecule has 1 aromatic carbocycles. The highest BCUT2D eigenvalue weighted by Crippen LogP contribution is 2.24. The van der Waals surface area contributed by atoms with Crippen molar-refractivity contribution in [2.45, 2.75) is 13.5 Å². The third-order valence-corrected chi connectivity index (χ3v) is 5.84. The summed E-state index contributed by atoms with van der Waals surface area (Å²) in [5, 5.41) is 6.29. The number of hydrogen-bond donors (Lipinski definition) is 1. The first-order valence-electron chi connectivity index (χ1n) is 9.13. The van der Waals surface area contributed by atoms with Gasteiger partial charge in [-0.25, -0.2) is 4.98 Å². The Bertz CT molecular complexity index is 945. The molecule has 1 N–H and O–H groups in total. The van der Waals surface area contributed by atoms with Crippen LogP contribution >= 0.6 is 22.9 Å². The first-order chi connectivity index (χ1) is 13.6. The molecular weight excluding hydrogens is 396 g/mol. The Labute approximate surface area is 172 Å². The normalized spacial score (nSPS) is 14.4. The van der Waals surface area contributed by atoms with Crippen LogP contribution in [0.2, 0.25) is 5.02 Å². The van der Waals surface area contributed by atoms with E-state index in [0.29, 0.717) is 12.2 Å². The number of halogens is 1. The maximum absolute atomic E-state index is 12.3. The fraction of sp³-hybridized carbons (Fsp3) is 0.300. The molecule has 4 rings (SSSR count). The van der Waals surface area contributed by atoms with Gasteiger partial charge in [-0.2, -0.15) is 0 Å². The van der Waals surface area contributed by atoms with Gasteiger partial charge in [-0.3, -0.25) is 4.79 Å². The number of aromatic nitrogens is 1. The molecule has 0 radical (unpaired) electrons. The Morgan fingerprint density at radius 3 is 2.54 bits per heavy atom. The van der Waals surface area contributed by atoms with Crippen molar-refractivity contribution < 1.29 is 9.21 Å². The van der Waals surface area contributed by atoms with Crippen LogP contribution in [0, 0.1) is 6.92 Å². The van der Waals surface area contributed by atoms with Crippen LogP contribution in [0.1, 0.15) is 22.0 Å². The number of furan rings is 1. The predicted octanol–water partition coefficient (Wildman–Crippen LogP) is 3.95. The molecule has 1 fully saturated rings. The van der Waals surface area contributed by atoms with Crippen LogP contribution in [0.5, 0.6) is 0 Å². The van der Waals surface area contributed by atoms with Gasteiger partial charge in [0.05, 0.1) is 6.54 Å². The molecule has 3 aromatic rings. The Morgan fingerprint density at radius 1 is 1.14 bits per heavy atom. The van der Waals surface area contributed by atoms with Crippen molar-refractivity contribution in [2.24, 2.45) is 0 Å². The summed E-state index contributed by atoms with van der Waals surface area (Å²) < 4.78 is 5.47. The summed E-state index contributed by atoms with van der Waals surface area (Å²) in [6.07, 6.45) is 0. The van der Waals surface area contributed by atoms with E-state index < -0.39 is 0 Å². The van der Waals surface area contributed by atoms with Gasteiger partial charge in [0.25, 0.3) is 5.91 Å². The number of aryl methyl sites for hydroxylation is 1. The zero-order valence-electron chi connectivity index (χ0n) is 15.5. The smallest absolute Gasteiger partial charge is 0.271 e. The maximum Gasteiger partial charge on any atom is 0.271 e. The Balaban J connectivity index is 1.32. The van der Waals surface area contributed by atoms with Gasteiger partial charge in [-0.1, -0.05) is 11.6 Å². The first-order valence-corrected chi connectivity index (χ1v) is 10.4. The van der Waals surface area contributed by atoms with E-state index >= 15 is 0 Å². The van der Waals surface area contributed by atoms with Crippen LogP contribution in [0.25, 0.3) is 0 Å². The SMILES string of the molecule is Cc1ccc(CNC(=O)c2csc(N3CCN(c4ccc(Cl)cc4)CC3)n2)o1. The van der Waals surface area contributed by atoms with Crippen molar-refractivity contribution in [3.05, 3.63) is 64.0 Å². The molecule has 0 bridgehead atoms. The molecule has 0 atom stereocenters. The van der Waals surface area contributed by atoms with Crippen LogP contribution in [0.4, 0.5) is 10.8 Å². The molecule has 0 saturated carbocycles. The third kappa shape index (κ3) is 4.31. The minimum absolute atomic E-state index is 0.184. The van der Waals surface area contributed by atoms with Crippen molar-refractivity contribution in [3.8, 4) is 0 Å². The van der Waals surface area contributed by atoms with Crippen molar-refractivity contribution >= 4 is 39.7 Å². The van der Waals surface area contributed by atoms with E-state index in [0.717, 1.165) is 47.9 Å². The monoisotopic (exact) mass is 416 g/mol. The second kappa shape index (κ2) is 8.24. The lowest BCUT2D eigenvalue weighted by atomic mass is 10.2. The lowest BCUT2D eigenvalue weighted by Crippen LogP contribution is -2.46. The average Bonchev–Trinajstić information content (AvgIpc) is 3.36. The summed E-state index contributed by atoms with van der Waals surface area (Å²) in [5.74, 6) is 1.38. The van der Waals surface area contributed by atoms with Crippen LogP contribution < -0.4 is 15.1 Å². The number of nitrogens with one attached hydrogen (secondary N) is 1. The van der Waals surface area contributed by atoms with E-state index in [4.69, 9.17) is 16.0 Å². The lowest BCUT2D eigenvalue weighted by Gasteiger charge is -2.36. The number of anilines is 2. The molecule has 28 heavy (non-hydrogen) atoms. The highest BCUT2D eigenvalue weighted by molar-refractivity contribution is 7.13. The van der Waals surface area contributed by atoms with Crippen LogP contribution in [-0.4, -0.2) is 37.1 Å². The molecule has 0 spiro atoms. The van der Waals surface area contributed by atoms with Gasteiger partial charge >= 0.3 is 0 Å². The lowest BCUT2D eigenvalue weighted by molar-refractivity contribution is 0.0943. The molecule has 2 aromatic heterocycles. The summed E-state index contributed by atoms with van der Waals surface area (Å²) >= 11 is 7.47. The van der Waals surface area contributed by atoms with E-state index in [1.54, 1.807) is 0 Å². The number of carbonyl (C=O) groups excluding carboxylic acids is 1. The van der Waals surface area contributed by atoms with Gasteiger partial charge < -0.3 is 19.5 Å². The quantitative estimate of drug-likeness (QED) is 0.682. The van der Waals surface area contributed by atoms with E-state index in [9.17, 15) is 4.79 Å². The zero-order valence-corrected chi connectivity index (χ0v) is 17.1. The van der Waals surface area contributed by atoms with Crippen molar-refractivity contribution in [2.75, 3.05) is 36.0 Å². The molecule has 0 aliphatic carbocycles. The summed E-state index contributed by atoms with van der Waals surface area (Å²) in [6, 6.07) is 11.7. The fourth-order valence-corrected chi connectivity index (χ4v) is 4.15. The maximum atomic E-state index is 12.3. The van der Waals surface area contributed by atoms with Gasteiger partial charge in [0.15, 0.2) is 5.13 Å². The molecule has 1 aliphatic rings. The van der Waals surface area contributed by atoms with E-state index in [2.05, 4.69) is 20.1 Å². The van der Waals surface area contributed by atoms with Gasteiger partial charge in [-0.15, -0.1) is 11.3 Å². The summed E-state index contributed by atoms with van der Waals surface area (Å²) in [4.78, 5) is 21.4. The van der Waals surface area contributed by atoms with Gasteiger partial charge in [-0.05, 0) is 43.3 Å². The average molecular weight is 417 g/mol. The minimum Gasteiger partial charge on any atom is -0.465 e. The number of thiazole rings is 1. The van der Waals surface area contributed by atoms with E-state index in [1.807, 2.05) is 48.7 Å². The summed E-state index contributed by atoms with van der Waals surface area (Å²) in [6.45, 7) is 5.77. The second-order valence-corrected chi connectivity index (χ2v) is 7.93. The van der Waals surface area contributed by atoms with Crippen molar-refractivity contribution in [1.29, 1.82) is 0 Å². The van der Waals surface area contributed by atoms with Crippen LogP contribution in [-0.2, 0) is 6.54 Å². The molecule has 1 saturated heterocycles. The van der Waals surface area contributed by atoms with Gasteiger partial charge in [0.2, 0.25) is 0 Å². The number of piperazine rings is 1. The Morgan fingerprint density at radius 2 is 1.86 bits per heavy atom. The second-order valence-electron chi connectivity index (χ2n) is 6.66. The minimum atomic E-state index is -0.184. The highest BCUT2D eigenvalue weighted by atomic mass is 35.5. The number of rotatable bonds is 5. The predicted molar refractivity (Wildman–Crippen MR) is 113 cm³/mol. The Hall–Kier alpha value is -2.51. The molecule has 6 nitrogen and oxygen atoms in total. The topological polar surface area (TPSA) is 61.6 Å². The van der Waals surface area contributed by atoms with Crippen LogP contribution in [0.15, 0.2) is 46.2 Å². The van der Waals surface area contributed by atoms with Crippen LogP contribution in [0.3, 0.4) is 0 Å². The molecule has 3 heterocycles. The molecule has 0 unspecified atom stereocenters. The molecule has 8 heteroatoms. The largest absolute Gasteiger partial charge is 0.465 e. The number of carbonyl (C=O) groups is 1. The summed E-state index contributed by atoms with van der Waals surface area (Å²) in [7, 11) is 0. The van der Waals surface area contributed by atoms with Gasteiger partial charge in [0.1, 0.15) is 17.2 Å². The molecule has 1 amide bonds. The first kappa shape index (κ1) is 18.8. The molecule has 146 valence electrons. The molecule has 1 aliphatic heterocycles. The number of amides is 1. The standard InChI is InChI=1S/C20H21ClN4O2S/c1-14-2-7-17(27-14)12-22-19(26)18-13-28-20(23-18)25-10-8-24(9-11-25)16-5-3-15(21)4-6-16/h2-7,13H,8-12H2,1H3,(H,22,26). The molecular formula is C20H21ClN4O2S. The third-order valence-electron chi connectivity index (χ3n) is 4.69. The Kier molecular flexibility index (Phi) is 5.54. The van der Waals surface area contributed by atoms with E-state index in [1.165, 1.54) is 17.0 Å². The number of benzene rings is 1. The van der Waals surface area contributed by atoms with Crippen molar-refractivity contribution in [3.63, 3.8) is 0 Å². The van der Waals surface area contributed by atoms with Crippen molar-refractivity contribution in [1.82, 2.24) is 10.3 Å². The van der Waals surface area contributed by atoms with E-state index in [-0.39, 0.29) is 5.91 Å². The number of nitrogens with zero attached hydrogens (tertiary/aromatic N) is 3. The zero-order chi connectivity index (χ0) is 19.5. The fourth-order valence-electron chi connectivity index (χ4n) is 3.16. The highest BCUT2D eigenvalue weighted by Gasteiger charge is 2.21. The summed E-state index contributed by atoms with van der Waals surface area (Å²) in [5.41, 5.74) is 1.62. The number of hydrogen-bond acceptors (Lipinski definition) is 6. The van der Waals surface area contributed by atoms with Gasteiger partial charge in [0, 0.05) is 42.3 Å².